The van der Waals surface area contributed by atoms with Crippen LogP contribution < -0.4 is 5.32 Å². The lowest BCUT2D eigenvalue weighted by Crippen LogP contribution is -2.48. The van der Waals surface area contributed by atoms with Crippen LogP contribution in [0.3, 0.4) is 0 Å². The van der Waals surface area contributed by atoms with Crippen LogP contribution in [0.5, 0.6) is 0 Å². The van der Waals surface area contributed by atoms with E-state index >= 15 is 0 Å². The maximum absolute atomic E-state index is 14.4. The predicted molar refractivity (Wildman–Crippen MR) is 147 cm³/mol. The molecule has 0 aliphatic carbocycles. The minimum Gasteiger partial charge on any atom is -0.352 e. The molecule has 2 aromatic rings. The Balaban J connectivity index is 0.00000462. The summed E-state index contributed by atoms with van der Waals surface area (Å²) in [5.74, 6) is -3.92. The molecule has 12 heteroatoms. The zero-order valence-corrected chi connectivity index (χ0v) is 23.8. The van der Waals surface area contributed by atoms with E-state index in [0.717, 1.165) is 18.2 Å². The average Bonchev–Trinajstić information content (AvgIpc) is 2.93. The summed E-state index contributed by atoms with van der Waals surface area (Å²) in [6.45, 7) is 3.65. The number of carbonyl (C=O) groups excluding carboxylic acids is 2. The van der Waals surface area contributed by atoms with Gasteiger partial charge in [0.2, 0.25) is 0 Å². The Labute approximate surface area is 242 Å². The van der Waals surface area contributed by atoms with Crippen molar-refractivity contribution in [3.8, 4) is 6.07 Å². The Hall–Kier alpha value is -3.62. The number of hydrogen-bond acceptors (Lipinski definition) is 4. The van der Waals surface area contributed by atoms with Crippen LogP contribution in [-0.2, 0) is 10.2 Å². The van der Waals surface area contributed by atoms with Crippen molar-refractivity contribution in [2.45, 2.75) is 37.6 Å². The van der Waals surface area contributed by atoms with Gasteiger partial charge in [-0.15, -0.1) is 12.4 Å². The van der Waals surface area contributed by atoms with Crippen molar-refractivity contribution in [3.05, 3.63) is 82.1 Å². The second-order valence-electron chi connectivity index (χ2n) is 10.3. The van der Waals surface area contributed by atoms with Crippen LogP contribution in [0.4, 0.5) is 22.4 Å². The fourth-order valence-corrected chi connectivity index (χ4v) is 5.50. The average molecular weight is 594 g/mol. The van der Waals surface area contributed by atoms with Crippen molar-refractivity contribution in [2.24, 2.45) is 0 Å². The Morgan fingerprint density at radius 3 is 2.34 bits per heavy atom. The van der Waals surface area contributed by atoms with Crippen LogP contribution in [0.2, 0.25) is 0 Å². The number of nitrogens with one attached hydrogen (secondary N) is 1. The van der Waals surface area contributed by atoms with Crippen molar-refractivity contribution in [1.29, 1.82) is 5.26 Å². The van der Waals surface area contributed by atoms with Gasteiger partial charge < -0.3 is 20.0 Å². The van der Waals surface area contributed by atoms with Gasteiger partial charge in [-0.3, -0.25) is 4.79 Å². The van der Waals surface area contributed by atoms with Gasteiger partial charge in [0.15, 0.2) is 11.6 Å². The molecule has 2 aliphatic heterocycles. The molecule has 1 atom stereocenters. The van der Waals surface area contributed by atoms with Gasteiger partial charge >= 0.3 is 6.03 Å². The molecule has 0 aromatic heterocycles. The van der Waals surface area contributed by atoms with E-state index in [0.29, 0.717) is 51.1 Å². The second-order valence-corrected chi connectivity index (χ2v) is 10.3. The van der Waals surface area contributed by atoms with E-state index in [1.807, 2.05) is 0 Å². The Morgan fingerprint density at radius 2 is 1.73 bits per heavy atom. The molecule has 4 rings (SSSR count). The monoisotopic (exact) mass is 593 g/mol. The summed E-state index contributed by atoms with van der Waals surface area (Å²) in [6, 6.07) is 7.59. The van der Waals surface area contributed by atoms with Crippen molar-refractivity contribution in [3.63, 3.8) is 0 Å². The summed E-state index contributed by atoms with van der Waals surface area (Å²) in [7, 11) is 3.04. The SMILES string of the molecule is CC1=C(C(=O)NCCCN2CCC(C#N)(c3ccc(F)cc3F)CC2)C(c2ccc(F)c(F)c2)N(C)C(=O)N1C.Cl. The molecular formula is C29H32ClF4N5O2. The summed E-state index contributed by atoms with van der Waals surface area (Å²) in [6.07, 6.45) is 1.38. The zero-order chi connectivity index (χ0) is 29.2. The lowest BCUT2D eigenvalue weighted by atomic mass is 9.73. The molecule has 41 heavy (non-hydrogen) atoms. The minimum atomic E-state index is -1.07. The molecule has 0 radical (unpaired) electrons. The summed E-state index contributed by atoms with van der Waals surface area (Å²) in [4.78, 5) is 30.8. The van der Waals surface area contributed by atoms with E-state index in [1.165, 1.54) is 35.0 Å². The number of likely N-dealkylation sites (tertiary alicyclic amines) is 1. The first-order valence-electron chi connectivity index (χ1n) is 13.0. The number of urea groups is 1. The smallest absolute Gasteiger partial charge is 0.324 e. The summed E-state index contributed by atoms with van der Waals surface area (Å²) < 4.78 is 55.4. The number of likely N-dealkylation sites (N-methyl/N-ethyl adjacent to an activating group) is 1. The molecule has 1 N–H and O–H groups in total. The molecule has 220 valence electrons. The van der Waals surface area contributed by atoms with Gasteiger partial charge in [0, 0.05) is 38.0 Å². The zero-order valence-electron chi connectivity index (χ0n) is 23.0. The molecule has 2 aliphatic rings. The Bertz CT molecular complexity index is 1390. The van der Waals surface area contributed by atoms with Gasteiger partial charge in [-0.25, -0.2) is 22.4 Å². The highest BCUT2D eigenvalue weighted by Crippen LogP contribution is 2.37. The minimum absolute atomic E-state index is 0. The molecular weight excluding hydrogens is 562 g/mol. The topological polar surface area (TPSA) is 79.7 Å². The van der Waals surface area contributed by atoms with Crippen LogP contribution in [0.25, 0.3) is 0 Å². The van der Waals surface area contributed by atoms with Crippen molar-refractivity contribution in [1.82, 2.24) is 20.0 Å². The van der Waals surface area contributed by atoms with Crippen molar-refractivity contribution in [2.75, 3.05) is 40.3 Å². The lowest BCUT2D eigenvalue weighted by molar-refractivity contribution is -0.118. The number of carbonyl (C=O) groups is 2. The van der Waals surface area contributed by atoms with Crippen LogP contribution in [0, 0.1) is 34.6 Å². The number of amides is 3. The van der Waals surface area contributed by atoms with Gasteiger partial charge in [-0.05, 0) is 69.6 Å². The van der Waals surface area contributed by atoms with Crippen LogP contribution in [0.1, 0.15) is 43.4 Å². The number of halogens is 5. The van der Waals surface area contributed by atoms with Crippen LogP contribution >= 0.6 is 12.4 Å². The number of rotatable bonds is 7. The van der Waals surface area contributed by atoms with Crippen LogP contribution in [0.15, 0.2) is 47.7 Å². The van der Waals surface area contributed by atoms with E-state index in [-0.39, 0.29) is 35.1 Å². The Kier molecular flexibility index (Phi) is 10.0. The summed E-state index contributed by atoms with van der Waals surface area (Å²) in [5.41, 5.74) is 0.140. The largest absolute Gasteiger partial charge is 0.352 e. The second kappa shape index (κ2) is 12.9. The van der Waals surface area contributed by atoms with Gasteiger partial charge in [0.25, 0.3) is 5.91 Å². The van der Waals surface area contributed by atoms with E-state index < -0.39 is 40.6 Å². The van der Waals surface area contributed by atoms with E-state index in [4.69, 9.17) is 0 Å². The van der Waals surface area contributed by atoms with Crippen molar-refractivity contribution < 1.29 is 27.2 Å². The number of allylic oxidation sites excluding steroid dienone is 1. The standard InChI is InChI=1S/C29H31F4N5O2.ClH/c1-18-25(26(37(3)28(40)36(18)2)19-5-8-22(31)24(33)15-19)27(39)35-11-4-12-38-13-9-29(17-34,10-14-38)21-7-6-20(30)16-23(21)32;/h5-8,15-16,26H,4,9-14H2,1-3H3,(H,35,39);1H. The highest BCUT2D eigenvalue weighted by Gasteiger charge is 2.40. The first-order valence-corrected chi connectivity index (χ1v) is 13.0. The molecule has 2 heterocycles. The normalized spacial score (nSPS) is 19.1. The van der Waals surface area contributed by atoms with E-state index in [1.54, 1.807) is 14.0 Å². The van der Waals surface area contributed by atoms with E-state index in [2.05, 4.69) is 16.3 Å². The third kappa shape index (κ3) is 6.34. The molecule has 1 saturated heterocycles. The maximum Gasteiger partial charge on any atom is 0.324 e. The lowest BCUT2D eigenvalue weighted by Gasteiger charge is -2.40. The number of hydrogen-bond donors (Lipinski definition) is 1. The van der Waals surface area contributed by atoms with Gasteiger partial charge in [-0.2, -0.15) is 5.26 Å². The van der Waals surface area contributed by atoms with Gasteiger partial charge in [0.05, 0.1) is 23.1 Å². The van der Waals surface area contributed by atoms with Crippen molar-refractivity contribution >= 4 is 24.3 Å². The fourth-order valence-electron chi connectivity index (χ4n) is 5.50. The number of nitrogens with zero attached hydrogens (tertiary/aromatic N) is 4. The molecule has 7 nitrogen and oxygen atoms in total. The number of piperidine rings is 1. The van der Waals surface area contributed by atoms with Gasteiger partial charge in [-0.1, -0.05) is 12.1 Å². The number of nitriles is 1. The highest BCUT2D eigenvalue weighted by molar-refractivity contribution is 5.98. The number of benzene rings is 2. The first kappa shape index (κ1) is 31.9. The maximum atomic E-state index is 14.4. The molecule has 1 unspecified atom stereocenters. The van der Waals surface area contributed by atoms with Crippen LogP contribution in [-0.4, -0.2) is 66.9 Å². The third-order valence-corrected chi connectivity index (χ3v) is 7.95. The summed E-state index contributed by atoms with van der Waals surface area (Å²) in [5, 5.41) is 12.7. The van der Waals surface area contributed by atoms with Gasteiger partial charge in [0.1, 0.15) is 11.6 Å². The third-order valence-electron chi connectivity index (χ3n) is 7.95. The predicted octanol–water partition coefficient (Wildman–Crippen LogP) is 5.04. The Morgan fingerprint density at radius 1 is 1.05 bits per heavy atom. The fraction of sp³-hybridized carbons (Fsp3) is 0.414. The first-order chi connectivity index (χ1) is 19.0. The van der Waals surface area contributed by atoms with E-state index in [9.17, 15) is 32.4 Å². The molecule has 0 saturated carbocycles. The molecule has 0 bridgehead atoms. The molecule has 0 spiro atoms. The summed E-state index contributed by atoms with van der Waals surface area (Å²) >= 11 is 0. The molecule has 1 fully saturated rings. The molecule has 3 amide bonds. The highest BCUT2D eigenvalue weighted by atomic mass is 35.5. The molecule has 2 aromatic carbocycles. The quantitative estimate of drug-likeness (QED) is 0.360.